The Bertz CT molecular complexity index is 1470. The van der Waals surface area contributed by atoms with Gasteiger partial charge in [0.15, 0.2) is 0 Å². The zero-order chi connectivity index (χ0) is 25.5. The molecule has 0 aliphatic carbocycles. The lowest BCUT2D eigenvalue weighted by Gasteiger charge is -2.15. The van der Waals surface area contributed by atoms with Crippen molar-refractivity contribution in [2.24, 2.45) is 4.99 Å². The molecule has 1 aromatic heterocycles. The van der Waals surface area contributed by atoms with Gasteiger partial charge in [-0.1, -0.05) is 66.7 Å². The van der Waals surface area contributed by atoms with E-state index in [0.717, 1.165) is 51.0 Å². The molecule has 4 nitrogen and oxygen atoms in total. The fourth-order valence-corrected chi connectivity index (χ4v) is 4.43. The van der Waals surface area contributed by atoms with E-state index in [2.05, 4.69) is 71.3 Å². The molecular formula is C33H30N2O2. The molecular weight excluding hydrogens is 456 g/mol. The Hall–Kier alpha value is -4.57. The molecule has 0 fully saturated rings. The summed E-state index contributed by atoms with van der Waals surface area (Å²) < 4.78 is 13.7. The number of nitrogens with zero attached hydrogens (tertiary/aromatic N) is 2. The third kappa shape index (κ3) is 5.49. The number of aromatic nitrogens is 1. The summed E-state index contributed by atoms with van der Waals surface area (Å²) in [4.78, 5) is 4.85. The van der Waals surface area contributed by atoms with E-state index < -0.39 is 0 Å². The third-order valence-corrected chi connectivity index (χ3v) is 6.03. The minimum absolute atomic E-state index is 0.622. The Balaban J connectivity index is 1.70. The minimum atomic E-state index is 0.622. The Labute approximate surface area is 218 Å². The van der Waals surface area contributed by atoms with E-state index in [4.69, 9.17) is 14.5 Å². The summed E-state index contributed by atoms with van der Waals surface area (Å²) in [6.07, 6.45) is 1.95. The van der Waals surface area contributed by atoms with Crippen LogP contribution in [0.25, 0.3) is 28.2 Å². The molecule has 5 aromatic rings. The number of hydrogen-bond acceptors (Lipinski definition) is 3. The maximum absolute atomic E-state index is 5.71. The zero-order valence-corrected chi connectivity index (χ0v) is 21.2. The maximum Gasteiger partial charge on any atom is 0.121 e. The Morgan fingerprint density at radius 2 is 1.30 bits per heavy atom. The number of ether oxygens (including phenoxy) is 2. The summed E-state index contributed by atoms with van der Waals surface area (Å²) in [5, 5.41) is 0. The van der Waals surface area contributed by atoms with Crippen molar-refractivity contribution in [3.63, 3.8) is 0 Å². The molecule has 1 heterocycles. The first-order valence-corrected chi connectivity index (χ1v) is 12.6. The summed E-state index contributed by atoms with van der Waals surface area (Å²) in [5.74, 6) is 1.68. The highest BCUT2D eigenvalue weighted by Gasteiger charge is 2.18. The van der Waals surface area contributed by atoms with E-state index in [1.807, 2.05) is 68.6 Å². The van der Waals surface area contributed by atoms with Gasteiger partial charge in [-0.05, 0) is 67.4 Å². The summed E-state index contributed by atoms with van der Waals surface area (Å²) in [6.45, 7) is 5.24. The molecule has 5 rings (SSSR count). The number of hydrogen-bond donors (Lipinski definition) is 0. The molecule has 0 atom stereocenters. The quantitative estimate of drug-likeness (QED) is 0.196. The molecule has 0 radical (unpaired) electrons. The number of rotatable bonds is 9. The van der Waals surface area contributed by atoms with Crippen LogP contribution in [0.4, 0.5) is 5.69 Å². The molecule has 0 saturated heterocycles. The lowest BCUT2D eigenvalue weighted by molar-refractivity contribution is 0.340. The van der Waals surface area contributed by atoms with Crippen LogP contribution in [0.5, 0.6) is 11.5 Å². The molecule has 0 bridgehead atoms. The predicted octanol–water partition coefficient (Wildman–Crippen LogP) is 8.36. The first-order valence-electron chi connectivity index (χ1n) is 12.6. The van der Waals surface area contributed by atoms with Crippen molar-refractivity contribution < 1.29 is 9.47 Å². The summed E-state index contributed by atoms with van der Waals surface area (Å²) in [5.41, 5.74) is 7.34. The highest BCUT2D eigenvalue weighted by atomic mass is 16.5. The second kappa shape index (κ2) is 11.4. The summed E-state index contributed by atoms with van der Waals surface area (Å²) in [6, 6.07) is 39.3. The molecule has 0 saturated carbocycles. The third-order valence-electron chi connectivity index (χ3n) is 6.03. The highest BCUT2D eigenvalue weighted by Crippen LogP contribution is 2.36. The van der Waals surface area contributed by atoms with Gasteiger partial charge >= 0.3 is 0 Å². The molecule has 4 aromatic carbocycles. The smallest absolute Gasteiger partial charge is 0.121 e. The predicted molar refractivity (Wildman–Crippen MR) is 153 cm³/mol. The molecule has 0 aliphatic rings. The van der Waals surface area contributed by atoms with Gasteiger partial charge in [0.1, 0.15) is 11.5 Å². The second-order valence-corrected chi connectivity index (χ2v) is 8.52. The summed E-state index contributed by atoms with van der Waals surface area (Å²) >= 11 is 0. The van der Waals surface area contributed by atoms with Crippen LogP contribution in [-0.2, 0) is 0 Å². The van der Waals surface area contributed by atoms with Gasteiger partial charge in [-0.25, -0.2) is 0 Å². The van der Waals surface area contributed by atoms with Crippen LogP contribution < -0.4 is 9.47 Å². The second-order valence-electron chi connectivity index (χ2n) is 8.52. The van der Waals surface area contributed by atoms with Crippen molar-refractivity contribution in [1.29, 1.82) is 0 Å². The maximum atomic E-state index is 5.71. The lowest BCUT2D eigenvalue weighted by atomic mass is 10.1. The first-order chi connectivity index (χ1) is 18.3. The van der Waals surface area contributed by atoms with Crippen LogP contribution in [0.1, 0.15) is 19.4 Å². The van der Waals surface area contributed by atoms with Crippen molar-refractivity contribution in [1.82, 2.24) is 4.57 Å². The summed E-state index contributed by atoms with van der Waals surface area (Å²) in [7, 11) is 0. The Kier molecular flexibility index (Phi) is 7.47. The molecule has 0 aliphatic heterocycles. The van der Waals surface area contributed by atoms with Crippen molar-refractivity contribution in [3.8, 4) is 39.7 Å². The van der Waals surface area contributed by atoms with E-state index in [-0.39, 0.29) is 0 Å². The van der Waals surface area contributed by atoms with Gasteiger partial charge < -0.3 is 14.0 Å². The number of benzene rings is 4. The van der Waals surface area contributed by atoms with Crippen LogP contribution in [0.15, 0.2) is 120 Å². The normalized spacial score (nSPS) is 11.1. The van der Waals surface area contributed by atoms with Gasteiger partial charge in [0.2, 0.25) is 0 Å². The fourth-order valence-electron chi connectivity index (χ4n) is 4.43. The molecule has 0 unspecified atom stereocenters. The van der Waals surface area contributed by atoms with E-state index in [1.54, 1.807) is 0 Å². The van der Waals surface area contributed by atoms with Crippen LogP contribution in [0.2, 0.25) is 0 Å². The van der Waals surface area contributed by atoms with Gasteiger partial charge in [0, 0.05) is 23.5 Å². The van der Waals surface area contributed by atoms with E-state index in [1.165, 1.54) is 0 Å². The van der Waals surface area contributed by atoms with Crippen molar-refractivity contribution in [2.45, 2.75) is 13.8 Å². The SMILES string of the molecule is CCOc1ccc(-n2c(-c3ccccc3)cc(C=Nc3cccc(OCC)c3)c2-c2ccccc2)cc1. The monoisotopic (exact) mass is 486 g/mol. The van der Waals surface area contributed by atoms with Crippen LogP contribution in [0.3, 0.4) is 0 Å². The standard InChI is InChI=1S/C33H30N2O2/c1-3-36-30-20-18-29(19-21-30)35-32(25-12-7-5-8-13-25)22-27(33(35)26-14-9-6-10-15-26)24-34-28-16-11-17-31(23-28)37-4-2/h5-24H,3-4H2,1-2H3. The molecule has 37 heavy (non-hydrogen) atoms. The minimum Gasteiger partial charge on any atom is -0.494 e. The van der Waals surface area contributed by atoms with Crippen molar-refractivity contribution >= 4 is 11.9 Å². The van der Waals surface area contributed by atoms with Gasteiger partial charge in [0.05, 0.1) is 30.3 Å². The molecule has 184 valence electrons. The van der Waals surface area contributed by atoms with E-state index in [9.17, 15) is 0 Å². The van der Waals surface area contributed by atoms with Gasteiger partial charge in [-0.2, -0.15) is 0 Å². The average Bonchev–Trinajstić information content (AvgIpc) is 3.33. The highest BCUT2D eigenvalue weighted by molar-refractivity contribution is 5.94. The zero-order valence-electron chi connectivity index (χ0n) is 21.2. The lowest BCUT2D eigenvalue weighted by Crippen LogP contribution is -2.01. The molecule has 0 spiro atoms. The van der Waals surface area contributed by atoms with Gasteiger partial charge in [-0.3, -0.25) is 4.99 Å². The Morgan fingerprint density at radius 1 is 0.649 bits per heavy atom. The number of aliphatic imine (C=N–C) groups is 1. The Morgan fingerprint density at radius 3 is 1.97 bits per heavy atom. The van der Waals surface area contributed by atoms with Crippen molar-refractivity contribution in [3.05, 3.63) is 121 Å². The van der Waals surface area contributed by atoms with Crippen molar-refractivity contribution in [2.75, 3.05) is 13.2 Å². The fraction of sp³-hybridized carbons (Fsp3) is 0.121. The van der Waals surface area contributed by atoms with E-state index >= 15 is 0 Å². The largest absolute Gasteiger partial charge is 0.494 e. The topological polar surface area (TPSA) is 35.8 Å². The molecule has 0 N–H and O–H groups in total. The van der Waals surface area contributed by atoms with Gasteiger partial charge in [0.25, 0.3) is 0 Å². The molecule has 0 amide bonds. The van der Waals surface area contributed by atoms with Gasteiger partial charge in [-0.15, -0.1) is 0 Å². The van der Waals surface area contributed by atoms with Crippen LogP contribution in [-0.4, -0.2) is 24.0 Å². The van der Waals surface area contributed by atoms with Crippen LogP contribution in [0, 0.1) is 0 Å². The van der Waals surface area contributed by atoms with Crippen LogP contribution >= 0.6 is 0 Å². The first kappa shape index (κ1) is 24.1. The molecule has 4 heteroatoms. The average molecular weight is 487 g/mol. The van der Waals surface area contributed by atoms with E-state index in [0.29, 0.717) is 13.2 Å².